The second kappa shape index (κ2) is 9.65. The summed E-state index contributed by atoms with van der Waals surface area (Å²) in [7, 11) is -3.80. The standard InChI is InChI=1S/C25H31N3O4S/c1-17(2)16-22(27-33(30,31)20-10-8-18(3)9-11-20)25(29)28-14-12-19(13-15-28)24-26-21-6-4-5-7-23(21)32-24/h4-11,17,19,22,27H,12-16H2,1-3H3. The number of aromatic nitrogens is 1. The lowest BCUT2D eigenvalue weighted by atomic mass is 9.95. The predicted molar refractivity (Wildman–Crippen MR) is 127 cm³/mol. The van der Waals surface area contributed by atoms with Crippen LogP contribution in [0.15, 0.2) is 57.8 Å². The highest BCUT2D eigenvalue weighted by Gasteiger charge is 2.33. The van der Waals surface area contributed by atoms with Crippen molar-refractivity contribution in [2.24, 2.45) is 5.92 Å². The van der Waals surface area contributed by atoms with Crippen LogP contribution >= 0.6 is 0 Å². The Balaban J connectivity index is 1.44. The maximum Gasteiger partial charge on any atom is 0.241 e. The highest BCUT2D eigenvalue weighted by molar-refractivity contribution is 7.89. The lowest BCUT2D eigenvalue weighted by Crippen LogP contribution is -2.51. The normalized spacial score (nSPS) is 16.4. The van der Waals surface area contributed by atoms with Crippen LogP contribution in [0, 0.1) is 12.8 Å². The fraction of sp³-hybridized carbons (Fsp3) is 0.440. The van der Waals surface area contributed by atoms with Gasteiger partial charge in [-0.3, -0.25) is 4.79 Å². The maximum atomic E-state index is 13.3. The molecule has 1 unspecified atom stereocenters. The number of carbonyl (C=O) groups excluding carboxylic acids is 1. The number of likely N-dealkylation sites (tertiary alicyclic amines) is 1. The van der Waals surface area contributed by atoms with Gasteiger partial charge in [0.2, 0.25) is 15.9 Å². The van der Waals surface area contributed by atoms with Crippen molar-refractivity contribution in [3.8, 4) is 0 Å². The molecule has 1 aliphatic heterocycles. The van der Waals surface area contributed by atoms with Crippen molar-refractivity contribution in [1.29, 1.82) is 0 Å². The van der Waals surface area contributed by atoms with Gasteiger partial charge in [0, 0.05) is 19.0 Å². The summed E-state index contributed by atoms with van der Waals surface area (Å²) in [5.41, 5.74) is 2.59. The minimum atomic E-state index is -3.80. The number of fused-ring (bicyclic) bond motifs is 1. The predicted octanol–water partition coefficient (Wildman–Crippen LogP) is 4.24. The van der Waals surface area contributed by atoms with Crippen LogP contribution in [0.4, 0.5) is 0 Å². The van der Waals surface area contributed by atoms with E-state index in [1.165, 1.54) is 0 Å². The lowest BCUT2D eigenvalue weighted by Gasteiger charge is -2.33. The first kappa shape index (κ1) is 23.4. The molecule has 33 heavy (non-hydrogen) atoms. The molecule has 0 bridgehead atoms. The zero-order valence-electron chi connectivity index (χ0n) is 19.3. The zero-order chi connectivity index (χ0) is 23.6. The molecule has 0 aliphatic carbocycles. The first-order valence-corrected chi connectivity index (χ1v) is 12.9. The van der Waals surface area contributed by atoms with E-state index in [1.807, 2.05) is 45.0 Å². The Kier molecular flexibility index (Phi) is 6.86. The van der Waals surface area contributed by atoms with Gasteiger partial charge in [-0.25, -0.2) is 13.4 Å². The monoisotopic (exact) mass is 469 g/mol. The average Bonchev–Trinajstić information content (AvgIpc) is 3.22. The summed E-state index contributed by atoms with van der Waals surface area (Å²) in [5, 5.41) is 0. The fourth-order valence-electron chi connectivity index (χ4n) is 4.28. The van der Waals surface area contributed by atoms with Crippen molar-refractivity contribution in [3.05, 3.63) is 60.0 Å². The number of nitrogens with zero attached hydrogens (tertiary/aromatic N) is 2. The van der Waals surface area contributed by atoms with E-state index in [0.29, 0.717) is 25.4 Å². The van der Waals surface area contributed by atoms with Gasteiger partial charge in [0.05, 0.1) is 4.90 Å². The van der Waals surface area contributed by atoms with Gasteiger partial charge in [0.25, 0.3) is 0 Å². The number of nitrogens with one attached hydrogen (secondary N) is 1. The number of rotatable bonds is 7. The molecule has 3 aromatic rings. The van der Waals surface area contributed by atoms with Crippen molar-refractivity contribution < 1.29 is 17.6 Å². The number of hydrogen-bond acceptors (Lipinski definition) is 5. The summed E-state index contributed by atoms with van der Waals surface area (Å²) in [4.78, 5) is 19.9. The molecular weight excluding hydrogens is 438 g/mol. The summed E-state index contributed by atoms with van der Waals surface area (Å²) < 4.78 is 34.5. The second-order valence-electron chi connectivity index (χ2n) is 9.24. The van der Waals surface area contributed by atoms with Crippen LogP contribution in [0.5, 0.6) is 0 Å². The molecule has 0 saturated carbocycles. The second-order valence-corrected chi connectivity index (χ2v) is 10.9. The van der Waals surface area contributed by atoms with Crippen molar-refractivity contribution in [2.45, 2.75) is 56.9 Å². The van der Waals surface area contributed by atoms with Crippen molar-refractivity contribution >= 4 is 27.0 Å². The lowest BCUT2D eigenvalue weighted by molar-refractivity contribution is -0.134. The third kappa shape index (κ3) is 5.45. The highest BCUT2D eigenvalue weighted by atomic mass is 32.2. The maximum absolute atomic E-state index is 13.3. The molecule has 8 heteroatoms. The number of para-hydroxylation sites is 2. The SMILES string of the molecule is Cc1ccc(S(=O)(=O)NC(CC(C)C)C(=O)N2CCC(c3nc4ccccc4o3)CC2)cc1. The molecule has 1 saturated heterocycles. The largest absolute Gasteiger partial charge is 0.440 e. The van der Waals surface area contributed by atoms with Gasteiger partial charge in [-0.2, -0.15) is 4.72 Å². The van der Waals surface area contributed by atoms with E-state index < -0.39 is 16.1 Å². The topological polar surface area (TPSA) is 92.5 Å². The van der Waals surface area contributed by atoms with E-state index in [1.54, 1.807) is 29.2 Å². The van der Waals surface area contributed by atoms with Crippen LogP contribution < -0.4 is 4.72 Å². The molecule has 2 heterocycles. The van der Waals surface area contributed by atoms with Crippen LogP contribution in [0.3, 0.4) is 0 Å². The molecule has 4 rings (SSSR count). The van der Waals surface area contributed by atoms with E-state index in [0.717, 1.165) is 29.5 Å². The first-order chi connectivity index (χ1) is 15.7. The third-order valence-corrected chi connectivity index (χ3v) is 7.59. The minimum Gasteiger partial charge on any atom is -0.440 e. The van der Waals surface area contributed by atoms with Crippen LogP contribution in [0.25, 0.3) is 11.1 Å². The van der Waals surface area contributed by atoms with E-state index in [9.17, 15) is 13.2 Å². The van der Waals surface area contributed by atoms with Gasteiger partial charge < -0.3 is 9.32 Å². The van der Waals surface area contributed by atoms with Crippen LogP contribution in [-0.4, -0.2) is 43.3 Å². The Hall–Kier alpha value is -2.71. The Morgan fingerprint density at radius 3 is 2.42 bits per heavy atom. The quantitative estimate of drug-likeness (QED) is 0.559. The minimum absolute atomic E-state index is 0.147. The smallest absolute Gasteiger partial charge is 0.241 e. The number of carbonyl (C=O) groups is 1. The molecule has 176 valence electrons. The fourth-order valence-corrected chi connectivity index (χ4v) is 5.48. The van der Waals surface area contributed by atoms with Crippen LogP contribution in [-0.2, 0) is 14.8 Å². The molecule has 1 fully saturated rings. The number of piperidine rings is 1. The number of sulfonamides is 1. The number of hydrogen-bond donors (Lipinski definition) is 1. The average molecular weight is 470 g/mol. The van der Waals surface area contributed by atoms with Gasteiger partial charge >= 0.3 is 0 Å². The third-order valence-electron chi connectivity index (χ3n) is 6.10. The van der Waals surface area contributed by atoms with Crippen LogP contribution in [0.2, 0.25) is 0 Å². The zero-order valence-corrected chi connectivity index (χ0v) is 20.1. The molecule has 1 N–H and O–H groups in total. The highest BCUT2D eigenvalue weighted by Crippen LogP contribution is 2.30. The molecule has 2 aromatic carbocycles. The van der Waals surface area contributed by atoms with E-state index in [-0.39, 0.29) is 22.6 Å². The van der Waals surface area contributed by atoms with Gasteiger partial charge in [-0.05, 0) is 56.4 Å². The Bertz CT molecular complexity index is 1180. The molecule has 0 radical (unpaired) electrons. The first-order valence-electron chi connectivity index (χ1n) is 11.5. The van der Waals surface area contributed by atoms with Gasteiger partial charge in [-0.1, -0.05) is 43.7 Å². The van der Waals surface area contributed by atoms with Gasteiger partial charge in [0.15, 0.2) is 11.5 Å². The van der Waals surface area contributed by atoms with Crippen molar-refractivity contribution in [3.63, 3.8) is 0 Å². The van der Waals surface area contributed by atoms with Crippen LogP contribution in [0.1, 0.15) is 50.5 Å². The number of oxazole rings is 1. The van der Waals surface area contributed by atoms with Gasteiger partial charge in [-0.15, -0.1) is 0 Å². The van der Waals surface area contributed by atoms with Crippen molar-refractivity contribution in [2.75, 3.05) is 13.1 Å². The molecular formula is C25H31N3O4S. The molecule has 1 aliphatic rings. The molecule has 0 spiro atoms. The summed E-state index contributed by atoms with van der Waals surface area (Å²) in [6, 6.07) is 13.5. The van der Waals surface area contributed by atoms with E-state index in [2.05, 4.69) is 9.71 Å². The van der Waals surface area contributed by atoms with E-state index >= 15 is 0 Å². The summed E-state index contributed by atoms with van der Waals surface area (Å²) in [6.07, 6.45) is 1.91. The summed E-state index contributed by atoms with van der Waals surface area (Å²) in [6.45, 7) is 6.96. The molecule has 1 aromatic heterocycles. The van der Waals surface area contributed by atoms with Crippen molar-refractivity contribution in [1.82, 2.24) is 14.6 Å². The summed E-state index contributed by atoms with van der Waals surface area (Å²) >= 11 is 0. The molecule has 1 amide bonds. The number of aryl methyl sites for hydroxylation is 1. The number of benzene rings is 2. The Morgan fingerprint density at radius 1 is 1.12 bits per heavy atom. The van der Waals surface area contributed by atoms with E-state index in [4.69, 9.17) is 4.42 Å². The molecule has 1 atom stereocenters. The Morgan fingerprint density at radius 2 is 1.79 bits per heavy atom. The Labute approximate surface area is 195 Å². The number of amides is 1. The molecule has 7 nitrogen and oxygen atoms in total. The van der Waals surface area contributed by atoms with Gasteiger partial charge in [0.1, 0.15) is 11.6 Å². The summed E-state index contributed by atoms with van der Waals surface area (Å²) in [5.74, 6) is 0.851.